The van der Waals surface area contributed by atoms with Crippen LogP contribution in [0.15, 0.2) is 48.5 Å². The minimum atomic E-state index is -0.925. The van der Waals surface area contributed by atoms with Gasteiger partial charge in [0.1, 0.15) is 0 Å². The zero-order valence-electron chi connectivity index (χ0n) is 10.3. The first-order chi connectivity index (χ1) is 9.61. The molecule has 0 aliphatic carbocycles. The second kappa shape index (κ2) is 6.72. The Morgan fingerprint density at radius 2 is 1.85 bits per heavy atom. The normalized spacial score (nSPS) is 11.9. The molecule has 1 unspecified atom stereocenters. The van der Waals surface area contributed by atoms with E-state index in [1.54, 1.807) is 42.5 Å². The number of hydrogen-bond donors (Lipinski definition) is 2. The van der Waals surface area contributed by atoms with Gasteiger partial charge in [-0.05, 0) is 23.8 Å². The van der Waals surface area contributed by atoms with Crippen LogP contribution in [-0.4, -0.2) is 5.91 Å². The van der Waals surface area contributed by atoms with Gasteiger partial charge in [-0.1, -0.05) is 53.5 Å². The minimum Gasteiger partial charge on any atom is -0.322 e. The number of carbonyl (C=O) groups is 1. The predicted molar refractivity (Wildman–Crippen MR) is 79.5 cm³/mol. The third kappa shape index (κ3) is 3.49. The molecule has 0 saturated heterocycles. The summed E-state index contributed by atoms with van der Waals surface area (Å²) in [7, 11) is 0. The Kier molecular flexibility index (Phi) is 4.98. The van der Waals surface area contributed by atoms with E-state index in [4.69, 9.17) is 33.9 Å². The van der Waals surface area contributed by atoms with E-state index in [1.807, 2.05) is 6.07 Å². The first-order valence-electron chi connectivity index (χ1n) is 5.78. The summed E-state index contributed by atoms with van der Waals surface area (Å²) < 4.78 is 0. The van der Waals surface area contributed by atoms with Crippen LogP contribution in [0.3, 0.4) is 0 Å². The van der Waals surface area contributed by atoms with Crippen molar-refractivity contribution in [2.75, 3.05) is 5.32 Å². The number of anilines is 1. The molecule has 0 aliphatic rings. The van der Waals surface area contributed by atoms with E-state index < -0.39 is 12.0 Å². The average molecular weight is 311 g/mol. The summed E-state index contributed by atoms with van der Waals surface area (Å²) in [5.41, 5.74) is 1.05. The van der Waals surface area contributed by atoms with E-state index >= 15 is 0 Å². The minimum absolute atomic E-state index is 0.381. The van der Waals surface area contributed by atoms with E-state index in [1.165, 1.54) is 0 Å². The molecule has 4 nitrogen and oxygen atoms in total. The van der Waals surface area contributed by atoms with Crippen molar-refractivity contribution < 1.29 is 9.63 Å². The predicted octanol–water partition coefficient (Wildman–Crippen LogP) is 3.56. The Morgan fingerprint density at radius 1 is 1.15 bits per heavy atom. The van der Waals surface area contributed by atoms with Gasteiger partial charge in [-0.15, -0.1) is 0 Å². The van der Waals surface area contributed by atoms with E-state index in [0.717, 1.165) is 0 Å². The molecule has 3 N–H and O–H groups in total. The monoisotopic (exact) mass is 310 g/mol. The molecule has 2 rings (SSSR count). The van der Waals surface area contributed by atoms with Crippen molar-refractivity contribution >= 4 is 34.8 Å². The van der Waals surface area contributed by atoms with Crippen molar-refractivity contribution in [3.8, 4) is 0 Å². The van der Waals surface area contributed by atoms with Crippen LogP contribution in [0.2, 0.25) is 10.0 Å². The van der Waals surface area contributed by atoms with Crippen molar-refractivity contribution in [1.29, 1.82) is 0 Å². The van der Waals surface area contributed by atoms with E-state index in [9.17, 15) is 4.79 Å². The number of benzene rings is 2. The number of nitrogens with two attached hydrogens (primary N) is 1. The van der Waals surface area contributed by atoms with Gasteiger partial charge < -0.3 is 5.32 Å². The van der Waals surface area contributed by atoms with Crippen LogP contribution in [-0.2, 0) is 9.63 Å². The highest BCUT2D eigenvalue weighted by Crippen LogP contribution is 2.27. The van der Waals surface area contributed by atoms with Crippen LogP contribution in [0.25, 0.3) is 0 Å². The maximum Gasteiger partial charge on any atom is 0.260 e. The summed E-state index contributed by atoms with van der Waals surface area (Å²) in [6.45, 7) is 0. The van der Waals surface area contributed by atoms with Crippen LogP contribution in [0.5, 0.6) is 0 Å². The highest BCUT2D eigenvalue weighted by molar-refractivity contribution is 6.35. The fourth-order valence-electron chi connectivity index (χ4n) is 1.71. The number of hydrogen-bond acceptors (Lipinski definition) is 3. The Labute approximate surface area is 126 Å². The first-order valence-corrected chi connectivity index (χ1v) is 6.54. The maximum absolute atomic E-state index is 12.2. The van der Waals surface area contributed by atoms with Crippen molar-refractivity contribution in [3.63, 3.8) is 0 Å². The number of rotatable bonds is 4. The largest absolute Gasteiger partial charge is 0.322 e. The fraction of sp³-hybridized carbons (Fsp3) is 0.0714. The van der Waals surface area contributed by atoms with Gasteiger partial charge in [-0.25, -0.2) is 5.90 Å². The Morgan fingerprint density at radius 3 is 2.50 bits per heavy atom. The molecule has 1 atom stereocenters. The second-order valence-electron chi connectivity index (χ2n) is 4.04. The number of carbonyl (C=O) groups excluding carboxylic acids is 1. The lowest BCUT2D eigenvalue weighted by Gasteiger charge is -2.15. The van der Waals surface area contributed by atoms with Crippen LogP contribution < -0.4 is 11.2 Å². The molecular weight excluding hydrogens is 299 g/mol. The van der Waals surface area contributed by atoms with Gasteiger partial charge in [0, 0.05) is 5.02 Å². The van der Waals surface area contributed by atoms with Crippen LogP contribution >= 0.6 is 23.2 Å². The van der Waals surface area contributed by atoms with Crippen LogP contribution in [0, 0.1) is 0 Å². The highest BCUT2D eigenvalue weighted by Gasteiger charge is 2.21. The van der Waals surface area contributed by atoms with Gasteiger partial charge in [-0.2, -0.15) is 0 Å². The summed E-state index contributed by atoms with van der Waals surface area (Å²) in [4.78, 5) is 16.9. The Balaban J connectivity index is 2.20. The molecule has 2 aromatic carbocycles. The summed E-state index contributed by atoms with van der Waals surface area (Å²) in [5, 5.41) is 3.49. The molecular formula is C14H12Cl2N2O2. The maximum atomic E-state index is 12.2. The third-order valence-electron chi connectivity index (χ3n) is 2.66. The third-order valence-corrected chi connectivity index (χ3v) is 3.23. The average Bonchev–Trinajstić information content (AvgIpc) is 2.45. The SMILES string of the molecule is NOC(C(=O)Nc1cc(Cl)ccc1Cl)c1ccccc1. The van der Waals surface area contributed by atoms with E-state index in [-0.39, 0.29) is 0 Å². The van der Waals surface area contributed by atoms with Crippen LogP contribution in [0.4, 0.5) is 5.69 Å². The molecule has 0 radical (unpaired) electrons. The van der Waals surface area contributed by atoms with Crippen molar-refractivity contribution in [2.45, 2.75) is 6.10 Å². The van der Waals surface area contributed by atoms with Crippen molar-refractivity contribution in [3.05, 3.63) is 64.1 Å². The standard InChI is InChI=1S/C14H12Cl2N2O2/c15-10-6-7-11(16)12(8-10)18-14(19)13(20-17)9-4-2-1-3-5-9/h1-8,13H,17H2,(H,18,19). The lowest BCUT2D eigenvalue weighted by molar-refractivity contribution is -0.128. The number of nitrogens with one attached hydrogen (secondary N) is 1. The van der Waals surface area contributed by atoms with E-state index in [0.29, 0.717) is 21.3 Å². The Bertz CT molecular complexity index is 605. The summed E-state index contributed by atoms with van der Waals surface area (Å²) >= 11 is 11.9. The quantitative estimate of drug-likeness (QED) is 0.849. The molecule has 0 aromatic heterocycles. The molecule has 6 heteroatoms. The molecule has 0 bridgehead atoms. The van der Waals surface area contributed by atoms with Gasteiger partial charge in [0.05, 0.1) is 10.7 Å². The van der Waals surface area contributed by atoms with Gasteiger partial charge >= 0.3 is 0 Å². The lowest BCUT2D eigenvalue weighted by atomic mass is 10.1. The summed E-state index contributed by atoms with van der Waals surface area (Å²) in [6.07, 6.45) is -0.925. The molecule has 0 fully saturated rings. The first kappa shape index (κ1) is 14.8. The molecule has 0 saturated carbocycles. The van der Waals surface area contributed by atoms with Gasteiger partial charge in [-0.3, -0.25) is 9.63 Å². The van der Waals surface area contributed by atoms with E-state index in [2.05, 4.69) is 5.32 Å². The molecule has 0 heterocycles. The summed E-state index contributed by atoms with van der Waals surface area (Å²) in [5.74, 6) is 4.78. The van der Waals surface area contributed by atoms with Gasteiger partial charge in [0.2, 0.25) is 0 Å². The van der Waals surface area contributed by atoms with Crippen molar-refractivity contribution in [1.82, 2.24) is 0 Å². The topological polar surface area (TPSA) is 64.3 Å². The molecule has 0 aliphatic heterocycles. The fourth-order valence-corrected chi connectivity index (χ4v) is 2.05. The highest BCUT2D eigenvalue weighted by atomic mass is 35.5. The summed E-state index contributed by atoms with van der Waals surface area (Å²) in [6, 6.07) is 13.7. The smallest absolute Gasteiger partial charge is 0.260 e. The lowest BCUT2D eigenvalue weighted by Crippen LogP contribution is -2.25. The Hall–Kier alpha value is -1.59. The second-order valence-corrected chi connectivity index (χ2v) is 4.88. The number of halogens is 2. The molecule has 20 heavy (non-hydrogen) atoms. The molecule has 1 amide bonds. The zero-order valence-corrected chi connectivity index (χ0v) is 11.9. The molecule has 2 aromatic rings. The van der Waals surface area contributed by atoms with Crippen molar-refractivity contribution in [2.24, 2.45) is 5.90 Å². The van der Waals surface area contributed by atoms with Gasteiger partial charge in [0.25, 0.3) is 5.91 Å². The number of amides is 1. The van der Waals surface area contributed by atoms with Crippen LogP contribution in [0.1, 0.15) is 11.7 Å². The molecule has 104 valence electrons. The zero-order chi connectivity index (χ0) is 14.5. The molecule has 0 spiro atoms. The van der Waals surface area contributed by atoms with Gasteiger partial charge in [0.15, 0.2) is 6.10 Å².